The SMILES string of the molecule is CCOc1cc([N+](=O)[O-])c(C(=O)Nc2ccccc2C(=O)NCc2ccc3c(c2)OCO3)cc1OC. The van der Waals surface area contributed by atoms with Gasteiger partial charge in [0.1, 0.15) is 5.56 Å². The molecule has 0 aromatic heterocycles. The van der Waals surface area contributed by atoms with Crippen LogP contribution in [-0.2, 0) is 6.54 Å². The summed E-state index contributed by atoms with van der Waals surface area (Å²) in [7, 11) is 1.37. The highest BCUT2D eigenvalue weighted by Gasteiger charge is 2.26. The van der Waals surface area contributed by atoms with E-state index in [4.69, 9.17) is 18.9 Å². The lowest BCUT2D eigenvalue weighted by molar-refractivity contribution is -0.385. The van der Waals surface area contributed by atoms with Gasteiger partial charge in [0.15, 0.2) is 23.0 Å². The van der Waals surface area contributed by atoms with Crippen LogP contribution in [-0.4, -0.2) is 37.2 Å². The molecule has 0 fully saturated rings. The molecule has 4 rings (SSSR count). The summed E-state index contributed by atoms with van der Waals surface area (Å²) < 4.78 is 21.2. The number of nitro groups is 1. The fourth-order valence-corrected chi connectivity index (χ4v) is 3.62. The molecule has 0 atom stereocenters. The van der Waals surface area contributed by atoms with Crippen LogP contribution in [0.2, 0.25) is 0 Å². The van der Waals surface area contributed by atoms with E-state index in [1.54, 1.807) is 37.3 Å². The summed E-state index contributed by atoms with van der Waals surface area (Å²) in [5.74, 6) is 0.329. The van der Waals surface area contributed by atoms with Crippen molar-refractivity contribution in [3.63, 3.8) is 0 Å². The standard InChI is InChI=1S/C25H23N3O8/c1-3-34-23-12-19(28(31)32)17(11-21(23)33-2)25(30)27-18-7-5-4-6-16(18)24(29)26-13-15-8-9-20-22(10-15)36-14-35-20/h4-12H,3,13-14H2,1-2H3,(H,26,29)(H,27,30). The van der Waals surface area contributed by atoms with Gasteiger partial charge in [-0.2, -0.15) is 0 Å². The Hall–Kier alpha value is -4.80. The maximum atomic E-state index is 13.1. The predicted octanol–water partition coefficient (Wildman–Crippen LogP) is 3.91. The molecule has 0 saturated heterocycles. The smallest absolute Gasteiger partial charge is 0.286 e. The quantitative estimate of drug-likeness (QED) is 0.338. The van der Waals surface area contributed by atoms with Crippen molar-refractivity contribution in [3.8, 4) is 23.0 Å². The first-order valence-corrected chi connectivity index (χ1v) is 11.0. The minimum absolute atomic E-state index is 0.145. The summed E-state index contributed by atoms with van der Waals surface area (Å²) in [6, 6.07) is 14.1. The van der Waals surface area contributed by atoms with Gasteiger partial charge in [-0.05, 0) is 36.8 Å². The molecule has 2 amide bonds. The average Bonchev–Trinajstić information content (AvgIpc) is 3.35. The number of anilines is 1. The van der Waals surface area contributed by atoms with E-state index in [9.17, 15) is 19.7 Å². The van der Waals surface area contributed by atoms with Crippen molar-refractivity contribution in [2.24, 2.45) is 0 Å². The number of hydrogen-bond acceptors (Lipinski definition) is 8. The van der Waals surface area contributed by atoms with E-state index in [0.29, 0.717) is 11.5 Å². The molecule has 2 N–H and O–H groups in total. The average molecular weight is 493 g/mol. The van der Waals surface area contributed by atoms with Crippen LogP contribution in [0.3, 0.4) is 0 Å². The van der Waals surface area contributed by atoms with Crippen molar-refractivity contribution >= 4 is 23.2 Å². The second-order valence-corrected chi connectivity index (χ2v) is 7.58. The third-order valence-corrected chi connectivity index (χ3v) is 5.33. The molecular weight excluding hydrogens is 470 g/mol. The van der Waals surface area contributed by atoms with Gasteiger partial charge in [0, 0.05) is 12.6 Å². The lowest BCUT2D eigenvalue weighted by atomic mass is 10.1. The second-order valence-electron chi connectivity index (χ2n) is 7.58. The normalized spacial score (nSPS) is 11.5. The zero-order valence-electron chi connectivity index (χ0n) is 19.5. The molecule has 0 radical (unpaired) electrons. The number of nitrogens with one attached hydrogen (secondary N) is 2. The molecule has 3 aromatic rings. The fraction of sp³-hybridized carbons (Fsp3) is 0.200. The summed E-state index contributed by atoms with van der Waals surface area (Å²) in [5, 5.41) is 17.0. The number of methoxy groups -OCH3 is 1. The molecule has 0 unspecified atom stereocenters. The van der Waals surface area contributed by atoms with E-state index >= 15 is 0 Å². The van der Waals surface area contributed by atoms with Crippen molar-refractivity contribution in [3.05, 3.63) is 81.4 Å². The van der Waals surface area contributed by atoms with E-state index < -0.39 is 22.4 Å². The lowest BCUT2D eigenvalue weighted by Crippen LogP contribution is -2.25. The first kappa shape index (κ1) is 24.3. The Balaban J connectivity index is 1.54. The number of hydrogen-bond donors (Lipinski definition) is 2. The van der Waals surface area contributed by atoms with Gasteiger partial charge in [-0.25, -0.2) is 0 Å². The molecule has 186 valence electrons. The number of nitrogens with zero attached hydrogens (tertiary/aromatic N) is 1. The van der Waals surface area contributed by atoms with Crippen molar-refractivity contribution in [2.75, 3.05) is 25.8 Å². The lowest BCUT2D eigenvalue weighted by Gasteiger charge is -2.14. The van der Waals surface area contributed by atoms with E-state index in [1.807, 2.05) is 0 Å². The van der Waals surface area contributed by atoms with Crippen molar-refractivity contribution in [2.45, 2.75) is 13.5 Å². The number of rotatable bonds is 9. The van der Waals surface area contributed by atoms with E-state index in [1.165, 1.54) is 25.3 Å². The Morgan fingerprint density at radius 2 is 1.78 bits per heavy atom. The Labute approximate surface area is 206 Å². The zero-order valence-corrected chi connectivity index (χ0v) is 19.5. The van der Waals surface area contributed by atoms with Gasteiger partial charge in [0.05, 0.1) is 36.0 Å². The van der Waals surface area contributed by atoms with Gasteiger partial charge in [0.25, 0.3) is 17.5 Å². The summed E-state index contributed by atoms with van der Waals surface area (Å²) in [6.45, 7) is 2.34. The molecular formula is C25H23N3O8. The van der Waals surface area contributed by atoms with Crippen LogP contribution in [0.1, 0.15) is 33.2 Å². The molecule has 1 aliphatic rings. The van der Waals surface area contributed by atoms with Crippen molar-refractivity contribution in [1.82, 2.24) is 5.32 Å². The van der Waals surface area contributed by atoms with Crippen LogP contribution in [0.15, 0.2) is 54.6 Å². The summed E-state index contributed by atoms with van der Waals surface area (Å²) in [4.78, 5) is 37.0. The number of ether oxygens (including phenoxy) is 4. The van der Waals surface area contributed by atoms with Gasteiger partial charge in [0.2, 0.25) is 6.79 Å². The summed E-state index contributed by atoms with van der Waals surface area (Å²) in [6.07, 6.45) is 0. The number of nitro benzene ring substituents is 1. The molecule has 11 heteroatoms. The van der Waals surface area contributed by atoms with Gasteiger partial charge in [-0.1, -0.05) is 18.2 Å². The topological polar surface area (TPSA) is 138 Å². The fourth-order valence-electron chi connectivity index (χ4n) is 3.62. The van der Waals surface area contributed by atoms with Crippen LogP contribution in [0, 0.1) is 10.1 Å². The van der Waals surface area contributed by atoms with Crippen LogP contribution in [0.4, 0.5) is 11.4 Å². The molecule has 36 heavy (non-hydrogen) atoms. The first-order chi connectivity index (χ1) is 17.4. The summed E-state index contributed by atoms with van der Waals surface area (Å²) >= 11 is 0. The highest BCUT2D eigenvalue weighted by molar-refractivity contribution is 6.11. The van der Waals surface area contributed by atoms with Crippen molar-refractivity contribution in [1.29, 1.82) is 0 Å². The van der Waals surface area contributed by atoms with E-state index in [0.717, 1.165) is 11.6 Å². The van der Waals surface area contributed by atoms with Crippen LogP contribution >= 0.6 is 0 Å². The molecule has 0 bridgehead atoms. The molecule has 0 spiro atoms. The highest BCUT2D eigenvalue weighted by Crippen LogP contribution is 2.35. The van der Waals surface area contributed by atoms with Crippen LogP contribution in [0.5, 0.6) is 23.0 Å². The third kappa shape index (κ3) is 5.14. The van der Waals surface area contributed by atoms with Gasteiger partial charge in [-0.3, -0.25) is 19.7 Å². The van der Waals surface area contributed by atoms with Gasteiger partial charge in [-0.15, -0.1) is 0 Å². The van der Waals surface area contributed by atoms with Crippen LogP contribution in [0.25, 0.3) is 0 Å². The minimum atomic E-state index is -0.779. The number of para-hydroxylation sites is 1. The maximum Gasteiger partial charge on any atom is 0.286 e. The highest BCUT2D eigenvalue weighted by atomic mass is 16.7. The monoisotopic (exact) mass is 493 g/mol. The Bertz CT molecular complexity index is 1320. The number of carbonyl (C=O) groups excluding carboxylic acids is 2. The van der Waals surface area contributed by atoms with E-state index in [-0.39, 0.29) is 48.3 Å². The second kappa shape index (κ2) is 10.6. The minimum Gasteiger partial charge on any atom is -0.493 e. The Kier molecular flexibility index (Phi) is 7.19. The predicted molar refractivity (Wildman–Crippen MR) is 129 cm³/mol. The summed E-state index contributed by atoms with van der Waals surface area (Å²) in [5.41, 5.74) is 0.476. The Morgan fingerprint density at radius 1 is 1.00 bits per heavy atom. The molecule has 0 aliphatic carbocycles. The third-order valence-electron chi connectivity index (χ3n) is 5.33. The molecule has 1 heterocycles. The molecule has 1 aliphatic heterocycles. The van der Waals surface area contributed by atoms with Crippen molar-refractivity contribution < 1.29 is 33.5 Å². The van der Waals surface area contributed by atoms with Gasteiger partial charge >= 0.3 is 0 Å². The Morgan fingerprint density at radius 3 is 2.53 bits per heavy atom. The molecule has 3 aromatic carbocycles. The largest absolute Gasteiger partial charge is 0.493 e. The number of carbonyl (C=O) groups is 2. The maximum absolute atomic E-state index is 13.1. The molecule has 0 saturated carbocycles. The number of benzene rings is 3. The number of fused-ring (bicyclic) bond motifs is 1. The zero-order chi connectivity index (χ0) is 25.7. The van der Waals surface area contributed by atoms with Gasteiger partial charge < -0.3 is 29.6 Å². The number of amides is 2. The molecule has 11 nitrogen and oxygen atoms in total. The van der Waals surface area contributed by atoms with Crippen LogP contribution < -0.4 is 29.6 Å². The first-order valence-electron chi connectivity index (χ1n) is 11.0. The van der Waals surface area contributed by atoms with E-state index in [2.05, 4.69) is 10.6 Å².